The highest BCUT2D eigenvalue weighted by Crippen LogP contribution is 2.38. The van der Waals surface area contributed by atoms with Crippen LogP contribution in [0.3, 0.4) is 0 Å². The number of hydrogen-bond acceptors (Lipinski definition) is 4. The maximum atomic E-state index is 13.3. The van der Waals surface area contributed by atoms with Crippen molar-refractivity contribution in [3.05, 3.63) is 59.2 Å². The van der Waals surface area contributed by atoms with Crippen molar-refractivity contribution in [2.24, 2.45) is 5.92 Å². The fraction of sp³-hybridized carbons (Fsp3) is 0.333. The molecule has 2 amide bonds. The molecular formula is C24H24N2O5. The molecule has 0 bridgehead atoms. The van der Waals surface area contributed by atoms with Crippen LogP contribution in [0.15, 0.2) is 42.5 Å². The Kier molecular flexibility index (Phi) is 5.35. The Morgan fingerprint density at radius 2 is 1.71 bits per heavy atom. The second-order valence-corrected chi connectivity index (χ2v) is 8.33. The number of fused-ring (bicyclic) bond motifs is 3. The first kappa shape index (κ1) is 20.8. The summed E-state index contributed by atoms with van der Waals surface area (Å²) in [4.78, 5) is 52.0. The maximum Gasteiger partial charge on any atom is 0.326 e. The van der Waals surface area contributed by atoms with Crippen molar-refractivity contribution in [1.29, 1.82) is 0 Å². The summed E-state index contributed by atoms with van der Waals surface area (Å²) in [5, 5.41) is 12.2. The lowest BCUT2D eigenvalue weighted by Crippen LogP contribution is -2.53. The van der Waals surface area contributed by atoms with Crippen LogP contribution in [0.2, 0.25) is 0 Å². The Hall–Kier alpha value is -3.48. The zero-order valence-electron chi connectivity index (χ0n) is 17.4. The van der Waals surface area contributed by atoms with E-state index in [9.17, 15) is 24.3 Å². The lowest BCUT2D eigenvalue weighted by Gasteiger charge is -2.29. The Bertz CT molecular complexity index is 1090. The second-order valence-electron chi connectivity index (χ2n) is 8.33. The number of nitrogens with zero attached hydrogens (tertiary/aromatic N) is 1. The van der Waals surface area contributed by atoms with Gasteiger partial charge in [-0.25, -0.2) is 4.79 Å². The average molecular weight is 420 g/mol. The summed E-state index contributed by atoms with van der Waals surface area (Å²) < 4.78 is 0. The molecule has 2 atom stereocenters. The van der Waals surface area contributed by atoms with E-state index in [1.54, 1.807) is 30.3 Å². The van der Waals surface area contributed by atoms with Crippen molar-refractivity contribution in [2.75, 3.05) is 6.54 Å². The normalized spacial score (nSPS) is 18.0. The highest BCUT2D eigenvalue weighted by molar-refractivity contribution is 6.24. The van der Waals surface area contributed by atoms with E-state index < -0.39 is 29.9 Å². The van der Waals surface area contributed by atoms with Gasteiger partial charge in [-0.05, 0) is 30.4 Å². The van der Waals surface area contributed by atoms with Crippen LogP contribution in [0, 0.1) is 5.92 Å². The minimum atomic E-state index is -1.03. The molecule has 0 unspecified atom stereocenters. The molecule has 0 aromatic heterocycles. The van der Waals surface area contributed by atoms with Crippen LogP contribution in [0.4, 0.5) is 0 Å². The fourth-order valence-corrected chi connectivity index (χ4v) is 4.46. The largest absolute Gasteiger partial charge is 0.480 e. The van der Waals surface area contributed by atoms with Crippen LogP contribution in [0.1, 0.15) is 53.0 Å². The number of carbonyl (C=O) groups excluding carboxylic acids is 3. The minimum absolute atomic E-state index is 0.127. The Morgan fingerprint density at radius 1 is 1.03 bits per heavy atom. The molecule has 0 spiro atoms. The predicted octanol–water partition coefficient (Wildman–Crippen LogP) is 2.73. The summed E-state index contributed by atoms with van der Waals surface area (Å²) >= 11 is 0. The molecule has 0 saturated carbocycles. The van der Waals surface area contributed by atoms with E-state index in [0.717, 1.165) is 0 Å². The average Bonchev–Trinajstić information content (AvgIpc) is 3.35. The van der Waals surface area contributed by atoms with E-state index in [0.29, 0.717) is 47.2 Å². The van der Waals surface area contributed by atoms with Crippen LogP contribution in [0.5, 0.6) is 0 Å². The highest BCUT2D eigenvalue weighted by atomic mass is 16.4. The molecule has 1 saturated heterocycles. The third-order valence-electron chi connectivity index (χ3n) is 6.03. The molecule has 1 heterocycles. The number of rotatable bonds is 5. The number of likely N-dealkylation sites (tertiary alicyclic amines) is 1. The molecule has 7 nitrogen and oxygen atoms in total. The molecule has 2 aliphatic rings. The quantitative estimate of drug-likeness (QED) is 0.661. The number of nitrogens with one attached hydrogen (secondary N) is 1. The molecule has 1 aliphatic heterocycles. The molecule has 160 valence electrons. The van der Waals surface area contributed by atoms with Crippen molar-refractivity contribution >= 4 is 23.6 Å². The van der Waals surface area contributed by atoms with Crippen molar-refractivity contribution in [1.82, 2.24) is 10.2 Å². The van der Waals surface area contributed by atoms with Crippen LogP contribution in [-0.2, 0) is 9.59 Å². The topological polar surface area (TPSA) is 104 Å². The second kappa shape index (κ2) is 7.98. The predicted molar refractivity (Wildman–Crippen MR) is 114 cm³/mol. The zero-order valence-corrected chi connectivity index (χ0v) is 17.4. The molecule has 4 rings (SSSR count). The Balaban J connectivity index is 1.65. The van der Waals surface area contributed by atoms with Gasteiger partial charge in [0.1, 0.15) is 12.1 Å². The number of carbonyl (C=O) groups is 4. The Labute approximate surface area is 180 Å². The molecule has 2 aromatic rings. The smallest absolute Gasteiger partial charge is 0.326 e. The first-order valence-corrected chi connectivity index (χ1v) is 10.4. The Morgan fingerprint density at radius 3 is 2.39 bits per heavy atom. The van der Waals surface area contributed by atoms with Crippen LogP contribution >= 0.6 is 0 Å². The first-order chi connectivity index (χ1) is 14.8. The molecule has 31 heavy (non-hydrogen) atoms. The molecule has 1 aliphatic carbocycles. The number of ketones is 1. The molecule has 2 aromatic carbocycles. The number of carboxylic acids is 1. The summed E-state index contributed by atoms with van der Waals surface area (Å²) in [7, 11) is 0. The lowest BCUT2D eigenvalue weighted by molar-refractivity contribution is -0.149. The molecule has 7 heteroatoms. The van der Waals surface area contributed by atoms with Gasteiger partial charge in [0.15, 0.2) is 5.78 Å². The lowest BCUT2D eigenvalue weighted by atomic mass is 9.97. The highest BCUT2D eigenvalue weighted by Gasteiger charge is 2.39. The van der Waals surface area contributed by atoms with Gasteiger partial charge >= 0.3 is 5.97 Å². The minimum Gasteiger partial charge on any atom is -0.480 e. The van der Waals surface area contributed by atoms with Gasteiger partial charge in [0.2, 0.25) is 5.91 Å². The SMILES string of the molecule is CC(C)[C@H](NC(=O)c1cccc2c1-c1ccccc1C2=O)C(=O)N1CCC[C@H]1C(=O)O. The molecule has 1 fully saturated rings. The van der Waals surface area contributed by atoms with E-state index in [4.69, 9.17) is 0 Å². The van der Waals surface area contributed by atoms with Crippen molar-refractivity contribution in [3.63, 3.8) is 0 Å². The fourth-order valence-electron chi connectivity index (χ4n) is 4.46. The molecular weight excluding hydrogens is 396 g/mol. The first-order valence-electron chi connectivity index (χ1n) is 10.4. The van der Waals surface area contributed by atoms with Crippen molar-refractivity contribution in [3.8, 4) is 11.1 Å². The van der Waals surface area contributed by atoms with Gasteiger partial charge < -0.3 is 15.3 Å². The summed E-state index contributed by atoms with van der Waals surface area (Å²) in [6.45, 7) is 3.98. The summed E-state index contributed by atoms with van der Waals surface area (Å²) in [6.07, 6.45) is 1.03. The van der Waals surface area contributed by atoms with E-state index in [1.165, 1.54) is 4.90 Å². The van der Waals surface area contributed by atoms with Gasteiger partial charge in [0.25, 0.3) is 5.91 Å². The number of hydrogen-bond donors (Lipinski definition) is 2. The number of aliphatic carboxylic acids is 1. The summed E-state index contributed by atoms with van der Waals surface area (Å²) in [5.41, 5.74) is 2.61. The van der Waals surface area contributed by atoms with Gasteiger partial charge in [-0.15, -0.1) is 0 Å². The summed E-state index contributed by atoms with van der Waals surface area (Å²) in [5.74, 6) is -2.25. The van der Waals surface area contributed by atoms with Crippen LogP contribution in [-0.4, -0.2) is 52.2 Å². The van der Waals surface area contributed by atoms with E-state index >= 15 is 0 Å². The van der Waals surface area contributed by atoms with Gasteiger partial charge in [-0.3, -0.25) is 14.4 Å². The number of carboxylic acid groups (broad SMARTS) is 1. The van der Waals surface area contributed by atoms with E-state index in [2.05, 4.69) is 5.32 Å². The third-order valence-corrected chi connectivity index (χ3v) is 6.03. The maximum absolute atomic E-state index is 13.3. The number of amides is 2. The van der Waals surface area contributed by atoms with Gasteiger partial charge in [0.05, 0.1) is 0 Å². The van der Waals surface area contributed by atoms with Gasteiger partial charge in [-0.1, -0.05) is 50.2 Å². The van der Waals surface area contributed by atoms with Crippen LogP contribution in [0.25, 0.3) is 11.1 Å². The van der Waals surface area contributed by atoms with Crippen molar-refractivity contribution < 1.29 is 24.3 Å². The monoisotopic (exact) mass is 420 g/mol. The molecule has 2 N–H and O–H groups in total. The van der Waals surface area contributed by atoms with E-state index in [1.807, 2.05) is 26.0 Å². The van der Waals surface area contributed by atoms with Gasteiger partial charge in [-0.2, -0.15) is 0 Å². The summed E-state index contributed by atoms with van der Waals surface area (Å²) in [6, 6.07) is 10.4. The van der Waals surface area contributed by atoms with Crippen LogP contribution < -0.4 is 5.32 Å². The van der Waals surface area contributed by atoms with Crippen molar-refractivity contribution in [2.45, 2.75) is 38.8 Å². The van der Waals surface area contributed by atoms with Gasteiger partial charge in [0, 0.05) is 28.8 Å². The third kappa shape index (κ3) is 3.50. The van der Waals surface area contributed by atoms with E-state index in [-0.39, 0.29) is 11.7 Å². The zero-order chi connectivity index (χ0) is 22.3. The molecule has 0 radical (unpaired) electrons. The number of benzene rings is 2. The standard InChI is InChI=1S/C24H24N2O5/c1-13(2)20(23(29)26-12-6-11-18(26)24(30)31)25-22(28)17-10-5-9-16-19(17)14-7-3-4-8-15(14)21(16)27/h3-5,7-10,13,18,20H,6,11-12H2,1-2H3,(H,25,28)(H,30,31)/t18-,20-/m0/s1.